The number of hydrogen-bond acceptors (Lipinski definition) is 4. The maximum absolute atomic E-state index is 11.7. The van der Waals surface area contributed by atoms with Gasteiger partial charge in [-0.15, -0.1) is 0 Å². The molecule has 6 heteroatoms. The van der Waals surface area contributed by atoms with Crippen LogP contribution in [-0.2, 0) is 14.1 Å². The van der Waals surface area contributed by atoms with Gasteiger partial charge in [0, 0.05) is 26.5 Å². The molecule has 0 aromatic carbocycles. The molecule has 2 rings (SSSR count). The predicted molar refractivity (Wildman–Crippen MR) is 59.7 cm³/mol. The summed E-state index contributed by atoms with van der Waals surface area (Å²) in [6.07, 6.45) is 5.95. The van der Waals surface area contributed by atoms with Crippen LogP contribution in [0.15, 0.2) is 24.8 Å². The summed E-state index contributed by atoms with van der Waals surface area (Å²) in [6.45, 7) is 0. The second kappa shape index (κ2) is 4.32. The second-order valence-electron chi connectivity index (χ2n) is 3.83. The average Bonchev–Trinajstić information content (AvgIpc) is 2.87. The zero-order valence-electron chi connectivity index (χ0n) is 9.62. The third-order valence-corrected chi connectivity index (χ3v) is 2.37. The van der Waals surface area contributed by atoms with E-state index in [1.165, 1.54) is 21.8 Å². The Hall–Kier alpha value is -2.24. The van der Waals surface area contributed by atoms with E-state index >= 15 is 0 Å². The molecule has 88 valence electrons. The lowest BCUT2D eigenvalue weighted by Crippen LogP contribution is -2.07. The van der Waals surface area contributed by atoms with Gasteiger partial charge in [0.2, 0.25) is 0 Å². The average molecular weight is 232 g/mol. The monoisotopic (exact) mass is 232 g/mol. The Morgan fingerprint density at radius 3 is 1.71 bits per heavy atom. The van der Waals surface area contributed by atoms with Gasteiger partial charge in [0.05, 0.1) is 29.9 Å². The van der Waals surface area contributed by atoms with Crippen LogP contribution in [-0.4, -0.2) is 31.1 Å². The predicted octanol–water partition coefficient (Wildman–Crippen LogP) is 0.609. The first-order valence-electron chi connectivity index (χ1n) is 5.10. The molecule has 0 atom stereocenters. The zero-order valence-corrected chi connectivity index (χ0v) is 9.62. The van der Waals surface area contributed by atoms with Gasteiger partial charge in [-0.05, 0) is 0 Å². The van der Waals surface area contributed by atoms with Crippen molar-refractivity contribution in [2.24, 2.45) is 14.1 Å². The number of carbonyl (C=O) groups excluding carboxylic acids is 2. The number of Topliss-reactive ketones (excluding diaryl/α,β-unsaturated/α-hetero) is 2. The van der Waals surface area contributed by atoms with Crippen molar-refractivity contribution in [3.05, 3.63) is 35.9 Å². The summed E-state index contributed by atoms with van der Waals surface area (Å²) in [5.74, 6) is -0.459. The smallest absolute Gasteiger partial charge is 0.173 e. The molecule has 0 N–H and O–H groups in total. The van der Waals surface area contributed by atoms with E-state index in [-0.39, 0.29) is 18.0 Å². The van der Waals surface area contributed by atoms with Crippen LogP contribution in [0.25, 0.3) is 0 Å². The molecule has 0 saturated carbocycles. The minimum atomic E-state index is -0.230. The summed E-state index contributed by atoms with van der Waals surface area (Å²) in [4.78, 5) is 23.5. The second-order valence-corrected chi connectivity index (χ2v) is 3.83. The van der Waals surface area contributed by atoms with Crippen LogP contribution in [0.1, 0.15) is 27.1 Å². The van der Waals surface area contributed by atoms with Crippen LogP contribution >= 0.6 is 0 Å². The first-order chi connectivity index (χ1) is 8.06. The van der Waals surface area contributed by atoms with E-state index < -0.39 is 0 Å². The van der Waals surface area contributed by atoms with Crippen LogP contribution in [0.5, 0.6) is 0 Å². The van der Waals surface area contributed by atoms with Crippen molar-refractivity contribution in [2.45, 2.75) is 6.42 Å². The van der Waals surface area contributed by atoms with Crippen LogP contribution in [0, 0.1) is 0 Å². The summed E-state index contributed by atoms with van der Waals surface area (Å²) in [6, 6.07) is 0. The van der Waals surface area contributed by atoms with Crippen molar-refractivity contribution in [2.75, 3.05) is 0 Å². The maximum Gasteiger partial charge on any atom is 0.173 e. The normalized spacial score (nSPS) is 10.5. The van der Waals surface area contributed by atoms with Gasteiger partial charge in [0.1, 0.15) is 0 Å². The van der Waals surface area contributed by atoms with Gasteiger partial charge in [0.15, 0.2) is 11.6 Å². The summed E-state index contributed by atoms with van der Waals surface area (Å²) in [5, 5.41) is 7.78. The van der Waals surface area contributed by atoms with E-state index in [2.05, 4.69) is 10.2 Å². The van der Waals surface area contributed by atoms with Crippen LogP contribution in [0.2, 0.25) is 0 Å². The molecule has 0 spiro atoms. The molecular weight excluding hydrogens is 220 g/mol. The lowest BCUT2D eigenvalue weighted by Gasteiger charge is -1.95. The molecular formula is C11H12N4O2. The van der Waals surface area contributed by atoms with Crippen molar-refractivity contribution in [1.29, 1.82) is 0 Å². The summed E-state index contributed by atoms with van der Waals surface area (Å²) < 4.78 is 3.06. The highest BCUT2D eigenvalue weighted by Gasteiger charge is 2.15. The van der Waals surface area contributed by atoms with Crippen LogP contribution in [0.4, 0.5) is 0 Å². The van der Waals surface area contributed by atoms with Crippen molar-refractivity contribution < 1.29 is 9.59 Å². The quantitative estimate of drug-likeness (QED) is 0.572. The molecule has 0 fully saturated rings. The first-order valence-corrected chi connectivity index (χ1v) is 5.10. The minimum Gasteiger partial charge on any atom is -0.294 e. The van der Waals surface area contributed by atoms with Gasteiger partial charge in [-0.2, -0.15) is 10.2 Å². The Morgan fingerprint density at radius 1 is 1.00 bits per heavy atom. The third-order valence-electron chi connectivity index (χ3n) is 2.37. The molecule has 0 amide bonds. The molecule has 2 aromatic heterocycles. The van der Waals surface area contributed by atoms with E-state index in [1.807, 2.05) is 0 Å². The molecule has 0 aliphatic rings. The number of hydrogen-bond donors (Lipinski definition) is 0. The zero-order chi connectivity index (χ0) is 12.4. The molecule has 0 radical (unpaired) electrons. The minimum absolute atomic E-state index is 0.155. The van der Waals surface area contributed by atoms with E-state index in [9.17, 15) is 9.59 Å². The highest BCUT2D eigenvalue weighted by atomic mass is 16.1. The van der Waals surface area contributed by atoms with Gasteiger partial charge in [0.25, 0.3) is 0 Å². The fraction of sp³-hybridized carbons (Fsp3) is 0.273. The molecule has 0 unspecified atom stereocenters. The third kappa shape index (κ3) is 2.47. The van der Waals surface area contributed by atoms with E-state index in [4.69, 9.17) is 0 Å². The fourth-order valence-corrected chi connectivity index (χ4v) is 1.48. The number of nitrogens with zero attached hydrogens (tertiary/aromatic N) is 4. The van der Waals surface area contributed by atoms with Crippen LogP contribution < -0.4 is 0 Å². The Labute approximate surface area is 97.9 Å². The molecule has 0 aliphatic carbocycles. The standard InChI is InChI=1S/C11H12N4O2/c1-14-6-8(4-12-14)10(16)3-11(17)9-5-13-15(2)7-9/h4-7H,3H2,1-2H3. The SMILES string of the molecule is Cn1cc(C(=O)CC(=O)c2cnn(C)c2)cn1. The number of rotatable bonds is 4. The number of carbonyl (C=O) groups is 2. The van der Waals surface area contributed by atoms with Gasteiger partial charge in [-0.1, -0.05) is 0 Å². The van der Waals surface area contributed by atoms with E-state index in [0.717, 1.165) is 0 Å². The van der Waals surface area contributed by atoms with Crippen molar-refractivity contribution >= 4 is 11.6 Å². The number of aromatic nitrogens is 4. The lowest BCUT2D eigenvalue weighted by atomic mass is 10.1. The van der Waals surface area contributed by atoms with Gasteiger partial charge >= 0.3 is 0 Å². The van der Waals surface area contributed by atoms with E-state index in [1.54, 1.807) is 26.5 Å². The van der Waals surface area contributed by atoms with Crippen LogP contribution in [0.3, 0.4) is 0 Å². The number of ketones is 2. The number of aryl methyl sites for hydroxylation is 2. The molecule has 6 nitrogen and oxygen atoms in total. The summed E-state index contributed by atoms with van der Waals surface area (Å²) in [7, 11) is 3.44. The molecule has 0 aliphatic heterocycles. The highest BCUT2D eigenvalue weighted by molar-refractivity contribution is 6.13. The van der Waals surface area contributed by atoms with Gasteiger partial charge < -0.3 is 0 Å². The van der Waals surface area contributed by atoms with Gasteiger partial charge in [-0.25, -0.2) is 0 Å². The van der Waals surface area contributed by atoms with E-state index in [0.29, 0.717) is 11.1 Å². The molecule has 2 heterocycles. The molecule has 17 heavy (non-hydrogen) atoms. The van der Waals surface area contributed by atoms with Crippen molar-refractivity contribution in [1.82, 2.24) is 19.6 Å². The summed E-state index contributed by atoms with van der Waals surface area (Å²) >= 11 is 0. The van der Waals surface area contributed by atoms with Crippen molar-refractivity contribution in [3.63, 3.8) is 0 Å². The first kappa shape index (κ1) is 11.3. The maximum atomic E-state index is 11.7. The fourth-order valence-electron chi connectivity index (χ4n) is 1.48. The largest absolute Gasteiger partial charge is 0.294 e. The topological polar surface area (TPSA) is 69.8 Å². The van der Waals surface area contributed by atoms with Gasteiger partial charge in [-0.3, -0.25) is 19.0 Å². The summed E-state index contributed by atoms with van der Waals surface area (Å²) in [5.41, 5.74) is 0.898. The Balaban J connectivity index is 2.07. The Bertz CT molecular complexity index is 517. The molecule has 0 saturated heterocycles. The Morgan fingerprint density at radius 2 is 1.41 bits per heavy atom. The highest BCUT2D eigenvalue weighted by Crippen LogP contribution is 2.07. The lowest BCUT2D eigenvalue weighted by molar-refractivity contribution is 0.0894. The Kier molecular flexibility index (Phi) is 2.86. The van der Waals surface area contributed by atoms with Crippen molar-refractivity contribution in [3.8, 4) is 0 Å². The molecule has 0 bridgehead atoms. The molecule has 2 aromatic rings.